The summed E-state index contributed by atoms with van der Waals surface area (Å²) in [5, 5.41) is 9.70. The van der Waals surface area contributed by atoms with Crippen LogP contribution >= 0.6 is 0 Å². The van der Waals surface area contributed by atoms with Crippen molar-refractivity contribution in [1.29, 1.82) is 0 Å². The first-order valence-corrected chi connectivity index (χ1v) is 5.88. The van der Waals surface area contributed by atoms with Crippen LogP contribution in [0.3, 0.4) is 0 Å². The van der Waals surface area contributed by atoms with Gasteiger partial charge in [0.1, 0.15) is 17.1 Å². The number of carbonyl (C=O) groups excluding carboxylic acids is 2. The highest BCUT2D eigenvalue weighted by atomic mass is 16.6. The van der Waals surface area contributed by atoms with Gasteiger partial charge in [0.25, 0.3) is 0 Å². The van der Waals surface area contributed by atoms with Crippen molar-refractivity contribution in [3.63, 3.8) is 0 Å². The molecule has 20 heavy (non-hydrogen) atoms. The molecule has 2 aromatic rings. The number of phenols is 1. The van der Waals surface area contributed by atoms with Gasteiger partial charge in [-0.25, -0.2) is 9.59 Å². The van der Waals surface area contributed by atoms with Gasteiger partial charge in [-0.1, -0.05) is 12.1 Å². The number of phenolic OH excluding ortho intramolecular Hbond substituents is 1. The van der Waals surface area contributed by atoms with Gasteiger partial charge in [-0.05, 0) is 35.4 Å². The van der Waals surface area contributed by atoms with E-state index in [1.807, 2.05) is 0 Å². The molecule has 0 aliphatic carbocycles. The molecule has 0 atom stereocenters. The molecule has 0 fully saturated rings. The molecule has 1 aliphatic heterocycles. The fourth-order valence-electron chi connectivity index (χ4n) is 2.21. The first-order valence-electron chi connectivity index (χ1n) is 5.88. The Morgan fingerprint density at radius 1 is 0.950 bits per heavy atom. The minimum atomic E-state index is -0.821. The Labute approximate surface area is 114 Å². The lowest BCUT2D eigenvalue weighted by Crippen LogP contribution is -1.98. The van der Waals surface area contributed by atoms with Crippen LogP contribution in [0.15, 0.2) is 36.4 Å². The largest absolute Gasteiger partial charge is 0.507 e. The Balaban J connectivity index is 2.20. The Bertz CT molecular complexity index is 716. The minimum Gasteiger partial charge on any atom is -0.507 e. The quantitative estimate of drug-likeness (QED) is 0.670. The Kier molecular flexibility index (Phi) is 2.68. The van der Waals surface area contributed by atoms with Crippen molar-refractivity contribution in [1.82, 2.24) is 0 Å². The van der Waals surface area contributed by atoms with E-state index in [-0.39, 0.29) is 16.9 Å². The first kappa shape index (κ1) is 12.2. The summed E-state index contributed by atoms with van der Waals surface area (Å²) >= 11 is 0. The third-order valence-corrected chi connectivity index (χ3v) is 3.18. The number of methoxy groups -OCH3 is 1. The molecule has 0 amide bonds. The van der Waals surface area contributed by atoms with Crippen LogP contribution in [0.4, 0.5) is 0 Å². The maximum absolute atomic E-state index is 11.8. The molecule has 0 spiro atoms. The number of aromatic hydroxyl groups is 1. The van der Waals surface area contributed by atoms with Gasteiger partial charge in [0.2, 0.25) is 0 Å². The van der Waals surface area contributed by atoms with E-state index in [9.17, 15) is 14.7 Å². The zero-order valence-corrected chi connectivity index (χ0v) is 10.5. The van der Waals surface area contributed by atoms with Crippen molar-refractivity contribution in [3.8, 4) is 22.6 Å². The molecule has 2 aromatic carbocycles. The average molecular weight is 270 g/mol. The summed E-state index contributed by atoms with van der Waals surface area (Å²) in [6, 6.07) is 9.98. The average Bonchev–Trinajstić information content (AvgIpc) is 2.76. The molecule has 0 aromatic heterocycles. The van der Waals surface area contributed by atoms with E-state index in [4.69, 9.17) is 4.74 Å². The van der Waals surface area contributed by atoms with Crippen molar-refractivity contribution < 1.29 is 24.2 Å². The third-order valence-electron chi connectivity index (χ3n) is 3.18. The molecule has 1 N–H and O–H groups in total. The van der Waals surface area contributed by atoms with Gasteiger partial charge in [0, 0.05) is 0 Å². The zero-order valence-electron chi connectivity index (χ0n) is 10.5. The fourth-order valence-corrected chi connectivity index (χ4v) is 2.21. The Hall–Kier alpha value is -2.82. The number of fused-ring (bicyclic) bond motifs is 1. The number of hydrogen-bond donors (Lipinski definition) is 1. The molecular formula is C15H10O5. The number of ether oxygens (including phenoxy) is 2. The summed E-state index contributed by atoms with van der Waals surface area (Å²) in [6.45, 7) is 0. The predicted molar refractivity (Wildman–Crippen MR) is 69.8 cm³/mol. The second kappa shape index (κ2) is 4.38. The van der Waals surface area contributed by atoms with E-state index in [1.54, 1.807) is 37.4 Å². The zero-order chi connectivity index (χ0) is 14.3. The van der Waals surface area contributed by atoms with E-state index in [0.29, 0.717) is 11.3 Å². The van der Waals surface area contributed by atoms with Crippen molar-refractivity contribution in [2.75, 3.05) is 7.11 Å². The van der Waals surface area contributed by atoms with Crippen molar-refractivity contribution in [2.45, 2.75) is 0 Å². The summed E-state index contributed by atoms with van der Waals surface area (Å²) in [5.74, 6) is -1.14. The number of esters is 2. The predicted octanol–water partition coefficient (Wildman–Crippen LogP) is 2.38. The summed E-state index contributed by atoms with van der Waals surface area (Å²) in [5.41, 5.74) is 1.29. The molecule has 0 saturated heterocycles. The van der Waals surface area contributed by atoms with E-state index in [0.717, 1.165) is 5.56 Å². The maximum Gasteiger partial charge on any atom is 0.350 e. The van der Waals surface area contributed by atoms with Crippen LogP contribution in [0.1, 0.15) is 20.7 Å². The highest BCUT2D eigenvalue weighted by molar-refractivity contribution is 6.19. The van der Waals surface area contributed by atoms with Gasteiger partial charge in [-0.3, -0.25) is 0 Å². The second-order valence-electron chi connectivity index (χ2n) is 4.29. The Morgan fingerprint density at radius 3 is 2.25 bits per heavy atom. The van der Waals surface area contributed by atoms with Gasteiger partial charge in [0.15, 0.2) is 0 Å². The molecule has 1 heterocycles. The van der Waals surface area contributed by atoms with Crippen LogP contribution in [-0.2, 0) is 4.74 Å². The topological polar surface area (TPSA) is 72.8 Å². The normalized spacial score (nSPS) is 13.1. The second-order valence-corrected chi connectivity index (χ2v) is 4.29. The number of rotatable bonds is 2. The monoisotopic (exact) mass is 270 g/mol. The Morgan fingerprint density at radius 2 is 1.60 bits per heavy atom. The van der Waals surface area contributed by atoms with Crippen LogP contribution in [0.2, 0.25) is 0 Å². The van der Waals surface area contributed by atoms with E-state index in [2.05, 4.69) is 4.74 Å². The minimum absolute atomic E-state index is 0.0803. The highest BCUT2D eigenvalue weighted by Crippen LogP contribution is 2.36. The lowest BCUT2D eigenvalue weighted by Gasteiger charge is -2.07. The van der Waals surface area contributed by atoms with Crippen LogP contribution in [0, 0.1) is 0 Å². The first-order chi connectivity index (χ1) is 9.61. The molecule has 0 unspecified atom stereocenters. The lowest BCUT2D eigenvalue weighted by molar-refractivity contribution is 0.0443. The number of hydrogen-bond acceptors (Lipinski definition) is 5. The molecule has 3 rings (SSSR count). The van der Waals surface area contributed by atoms with Crippen LogP contribution in [0.5, 0.6) is 11.5 Å². The van der Waals surface area contributed by atoms with E-state index < -0.39 is 11.9 Å². The third kappa shape index (κ3) is 1.72. The van der Waals surface area contributed by atoms with E-state index in [1.165, 1.54) is 6.07 Å². The molecule has 5 heteroatoms. The molecule has 100 valence electrons. The number of cyclic esters (lactones) is 2. The van der Waals surface area contributed by atoms with Gasteiger partial charge in [0.05, 0.1) is 12.7 Å². The van der Waals surface area contributed by atoms with Crippen LogP contribution < -0.4 is 4.74 Å². The maximum atomic E-state index is 11.8. The molecular weight excluding hydrogens is 260 g/mol. The number of carbonyl (C=O) groups is 2. The van der Waals surface area contributed by atoms with Crippen LogP contribution in [0.25, 0.3) is 11.1 Å². The fraction of sp³-hybridized carbons (Fsp3) is 0.0667. The van der Waals surface area contributed by atoms with Crippen molar-refractivity contribution >= 4 is 11.9 Å². The summed E-state index contributed by atoms with van der Waals surface area (Å²) in [4.78, 5) is 23.3. The van der Waals surface area contributed by atoms with Crippen molar-refractivity contribution in [2.24, 2.45) is 0 Å². The van der Waals surface area contributed by atoms with Gasteiger partial charge >= 0.3 is 11.9 Å². The smallest absolute Gasteiger partial charge is 0.350 e. The summed E-state index contributed by atoms with van der Waals surface area (Å²) in [6.07, 6.45) is 0. The van der Waals surface area contributed by atoms with E-state index >= 15 is 0 Å². The van der Waals surface area contributed by atoms with Gasteiger partial charge < -0.3 is 14.6 Å². The molecule has 0 radical (unpaired) electrons. The highest BCUT2D eigenvalue weighted by Gasteiger charge is 2.35. The standard InChI is InChI=1S/C15H10O5/c1-19-9-4-2-8(3-5-9)10-6-7-11(16)13-12(10)14(17)20-15(13)18/h2-7,16H,1H3. The SMILES string of the molecule is COc1ccc(-c2ccc(O)c3c2C(=O)OC3=O)cc1. The van der Waals surface area contributed by atoms with Gasteiger partial charge in [-0.2, -0.15) is 0 Å². The molecule has 5 nitrogen and oxygen atoms in total. The summed E-state index contributed by atoms with van der Waals surface area (Å²) in [7, 11) is 1.56. The van der Waals surface area contributed by atoms with Gasteiger partial charge in [-0.15, -0.1) is 0 Å². The molecule has 0 bridgehead atoms. The summed E-state index contributed by atoms with van der Waals surface area (Å²) < 4.78 is 9.63. The number of benzene rings is 2. The molecule has 0 saturated carbocycles. The lowest BCUT2D eigenvalue weighted by atomic mass is 9.96. The van der Waals surface area contributed by atoms with Crippen molar-refractivity contribution in [3.05, 3.63) is 47.5 Å². The van der Waals surface area contributed by atoms with Crippen LogP contribution in [-0.4, -0.2) is 24.2 Å². The molecule has 1 aliphatic rings.